The van der Waals surface area contributed by atoms with Gasteiger partial charge in [-0.3, -0.25) is 9.69 Å². The first-order valence-electron chi connectivity index (χ1n) is 10.2. The van der Waals surface area contributed by atoms with Gasteiger partial charge in [-0.25, -0.2) is 4.79 Å². The summed E-state index contributed by atoms with van der Waals surface area (Å²) in [5.41, 5.74) is 1.82. The highest BCUT2D eigenvalue weighted by Crippen LogP contribution is 2.29. The number of anilines is 1. The Kier molecular flexibility index (Phi) is 7.28. The summed E-state index contributed by atoms with van der Waals surface area (Å²) >= 11 is 0. The van der Waals surface area contributed by atoms with E-state index >= 15 is 0 Å². The number of aliphatic hydroxyl groups is 1. The van der Waals surface area contributed by atoms with E-state index in [-0.39, 0.29) is 36.7 Å². The molecule has 7 nitrogen and oxygen atoms in total. The number of ether oxygens (including phenoxy) is 2. The van der Waals surface area contributed by atoms with E-state index in [9.17, 15) is 14.7 Å². The molecule has 3 atom stereocenters. The first-order valence-corrected chi connectivity index (χ1v) is 10.2. The van der Waals surface area contributed by atoms with Crippen LogP contribution >= 0.6 is 0 Å². The number of hydrogen-bond donors (Lipinski definition) is 1. The van der Waals surface area contributed by atoms with E-state index in [0.29, 0.717) is 19.6 Å². The van der Waals surface area contributed by atoms with Gasteiger partial charge >= 0.3 is 6.09 Å². The summed E-state index contributed by atoms with van der Waals surface area (Å²) in [6.07, 6.45) is 5.57. The SMILES string of the molecule is CO[C@@H](c1ccc(N2CCOC2=O)cc1)[C@@H](C)/C=C/CC(=O)N1CCC[C@H]1CO. The molecule has 3 rings (SSSR count). The average molecular weight is 402 g/mol. The Labute approximate surface area is 171 Å². The number of cyclic esters (lactones) is 1. The summed E-state index contributed by atoms with van der Waals surface area (Å²) in [5, 5.41) is 9.38. The Morgan fingerprint density at radius 3 is 2.72 bits per heavy atom. The van der Waals surface area contributed by atoms with Gasteiger partial charge in [-0.1, -0.05) is 31.2 Å². The third kappa shape index (κ3) is 4.97. The van der Waals surface area contributed by atoms with Crippen molar-refractivity contribution in [3.05, 3.63) is 42.0 Å². The van der Waals surface area contributed by atoms with E-state index in [2.05, 4.69) is 0 Å². The fourth-order valence-electron chi connectivity index (χ4n) is 4.08. The molecule has 2 aliphatic rings. The van der Waals surface area contributed by atoms with Crippen molar-refractivity contribution >= 4 is 17.7 Å². The second-order valence-corrected chi connectivity index (χ2v) is 7.57. The molecule has 0 radical (unpaired) electrons. The molecule has 2 fully saturated rings. The van der Waals surface area contributed by atoms with Crippen LogP contribution in [0, 0.1) is 5.92 Å². The summed E-state index contributed by atoms with van der Waals surface area (Å²) < 4.78 is 10.7. The van der Waals surface area contributed by atoms with Crippen molar-refractivity contribution in [2.75, 3.05) is 38.3 Å². The summed E-state index contributed by atoms with van der Waals surface area (Å²) in [6.45, 7) is 3.78. The summed E-state index contributed by atoms with van der Waals surface area (Å²) in [7, 11) is 1.67. The second kappa shape index (κ2) is 9.89. The average Bonchev–Trinajstić information content (AvgIpc) is 3.37. The normalized spacial score (nSPS) is 21.6. The largest absolute Gasteiger partial charge is 0.447 e. The molecule has 0 unspecified atom stereocenters. The molecule has 2 aliphatic heterocycles. The van der Waals surface area contributed by atoms with Crippen molar-refractivity contribution in [1.82, 2.24) is 4.90 Å². The van der Waals surface area contributed by atoms with Crippen molar-refractivity contribution in [3.8, 4) is 0 Å². The molecule has 0 spiro atoms. The number of hydrogen-bond acceptors (Lipinski definition) is 5. The van der Waals surface area contributed by atoms with Gasteiger partial charge < -0.3 is 19.5 Å². The maximum atomic E-state index is 12.4. The minimum absolute atomic E-state index is 0.0305. The Bertz CT molecular complexity index is 733. The number of likely N-dealkylation sites (tertiary alicyclic amines) is 1. The number of aliphatic hydroxyl groups excluding tert-OH is 1. The lowest BCUT2D eigenvalue weighted by atomic mass is 9.96. The van der Waals surface area contributed by atoms with Crippen LogP contribution in [0.3, 0.4) is 0 Å². The highest BCUT2D eigenvalue weighted by Gasteiger charge is 2.27. The molecule has 0 aliphatic carbocycles. The lowest BCUT2D eigenvalue weighted by Crippen LogP contribution is -2.37. The summed E-state index contributed by atoms with van der Waals surface area (Å²) in [6, 6.07) is 7.68. The quantitative estimate of drug-likeness (QED) is 0.677. The molecule has 29 heavy (non-hydrogen) atoms. The highest BCUT2D eigenvalue weighted by molar-refractivity contribution is 5.89. The molecule has 1 aromatic rings. The zero-order valence-corrected chi connectivity index (χ0v) is 17.1. The number of carbonyl (C=O) groups excluding carboxylic acids is 2. The van der Waals surface area contributed by atoms with Gasteiger partial charge in [-0.2, -0.15) is 0 Å². The number of benzene rings is 1. The first kappa shape index (κ1) is 21.3. The molecule has 0 saturated carbocycles. The minimum atomic E-state index is -0.316. The fourth-order valence-corrected chi connectivity index (χ4v) is 4.08. The molecule has 1 N–H and O–H groups in total. The van der Waals surface area contributed by atoms with Gasteiger partial charge in [0.05, 0.1) is 25.3 Å². The third-order valence-corrected chi connectivity index (χ3v) is 5.67. The summed E-state index contributed by atoms with van der Waals surface area (Å²) in [5.74, 6) is 0.128. The number of carbonyl (C=O) groups is 2. The molecular formula is C22H30N2O5. The third-order valence-electron chi connectivity index (χ3n) is 5.67. The van der Waals surface area contributed by atoms with Gasteiger partial charge in [-0.05, 0) is 30.5 Å². The number of nitrogens with zero attached hydrogens (tertiary/aromatic N) is 2. The molecule has 2 amide bonds. The van der Waals surface area contributed by atoms with Crippen LogP contribution in [0.4, 0.5) is 10.5 Å². The van der Waals surface area contributed by atoms with Crippen LogP contribution in [0.2, 0.25) is 0 Å². The van der Waals surface area contributed by atoms with Gasteiger partial charge in [0, 0.05) is 31.7 Å². The smallest absolute Gasteiger partial charge is 0.414 e. The van der Waals surface area contributed by atoms with E-state index in [0.717, 1.165) is 30.6 Å². The van der Waals surface area contributed by atoms with Crippen molar-refractivity contribution in [2.24, 2.45) is 5.92 Å². The highest BCUT2D eigenvalue weighted by atomic mass is 16.6. The zero-order chi connectivity index (χ0) is 20.8. The molecular weight excluding hydrogens is 372 g/mol. The van der Waals surface area contributed by atoms with Crippen LogP contribution in [0.15, 0.2) is 36.4 Å². The first-order chi connectivity index (χ1) is 14.0. The summed E-state index contributed by atoms with van der Waals surface area (Å²) in [4.78, 5) is 27.5. The van der Waals surface area contributed by atoms with Crippen LogP contribution in [-0.2, 0) is 14.3 Å². The molecule has 7 heteroatoms. The Morgan fingerprint density at radius 2 is 2.10 bits per heavy atom. The van der Waals surface area contributed by atoms with Gasteiger partial charge in [0.25, 0.3) is 0 Å². The molecule has 0 aromatic heterocycles. The Morgan fingerprint density at radius 1 is 1.34 bits per heavy atom. The number of amides is 2. The lowest BCUT2D eigenvalue weighted by molar-refractivity contribution is -0.131. The van der Waals surface area contributed by atoms with E-state index in [1.165, 1.54) is 0 Å². The predicted molar refractivity (Wildman–Crippen MR) is 110 cm³/mol. The van der Waals surface area contributed by atoms with Gasteiger partial charge in [-0.15, -0.1) is 0 Å². The second-order valence-electron chi connectivity index (χ2n) is 7.57. The number of methoxy groups -OCH3 is 1. The van der Waals surface area contributed by atoms with Crippen LogP contribution in [-0.4, -0.2) is 61.5 Å². The maximum absolute atomic E-state index is 12.4. The van der Waals surface area contributed by atoms with Crippen LogP contribution in [0.25, 0.3) is 0 Å². The minimum Gasteiger partial charge on any atom is -0.447 e. The van der Waals surface area contributed by atoms with E-state index < -0.39 is 0 Å². The van der Waals surface area contributed by atoms with Crippen LogP contribution in [0.1, 0.15) is 37.9 Å². The fraction of sp³-hybridized carbons (Fsp3) is 0.545. The van der Waals surface area contributed by atoms with E-state index in [4.69, 9.17) is 9.47 Å². The topological polar surface area (TPSA) is 79.3 Å². The van der Waals surface area contributed by atoms with Crippen molar-refractivity contribution in [3.63, 3.8) is 0 Å². The molecule has 2 heterocycles. The van der Waals surface area contributed by atoms with Crippen molar-refractivity contribution < 1.29 is 24.2 Å². The van der Waals surface area contributed by atoms with Crippen LogP contribution in [0.5, 0.6) is 0 Å². The van der Waals surface area contributed by atoms with Gasteiger partial charge in [0.15, 0.2) is 0 Å². The van der Waals surface area contributed by atoms with Gasteiger partial charge in [0.2, 0.25) is 5.91 Å². The monoisotopic (exact) mass is 402 g/mol. The van der Waals surface area contributed by atoms with E-state index in [1.54, 1.807) is 16.9 Å². The van der Waals surface area contributed by atoms with E-state index in [1.807, 2.05) is 43.3 Å². The lowest BCUT2D eigenvalue weighted by Gasteiger charge is -2.23. The van der Waals surface area contributed by atoms with Gasteiger partial charge in [0.1, 0.15) is 6.61 Å². The molecule has 0 bridgehead atoms. The maximum Gasteiger partial charge on any atom is 0.414 e. The van der Waals surface area contributed by atoms with Crippen molar-refractivity contribution in [2.45, 2.75) is 38.3 Å². The Balaban J connectivity index is 1.58. The molecule has 1 aromatic carbocycles. The molecule has 158 valence electrons. The Hall–Kier alpha value is -2.38. The zero-order valence-electron chi connectivity index (χ0n) is 17.1. The standard InChI is InChI=1S/C22H30N2O5/c1-16(5-3-7-20(26)23-12-4-6-19(23)15-25)21(28-2)17-8-10-18(11-9-17)24-13-14-29-22(24)27/h3,5,8-11,16,19,21,25H,4,6-7,12-15H2,1-2H3/b5-3+/t16-,19-,21+/m0/s1. The number of rotatable bonds is 8. The van der Waals surface area contributed by atoms with Crippen molar-refractivity contribution in [1.29, 1.82) is 0 Å². The molecule has 2 saturated heterocycles. The van der Waals surface area contributed by atoms with Crippen LogP contribution < -0.4 is 4.90 Å². The predicted octanol–water partition coefficient (Wildman–Crippen LogP) is 2.90.